The maximum atomic E-state index is 5.93. The highest BCUT2D eigenvalue weighted by Gasteiger charge is 2.17. The van der Waals surface area contributed by atoms with Crippen molar-refractivity contribution in [3.8, 4) is 11.5 Å². The highest BCUT2D eigenvalue weighted by molar-refractivity contribution is 5.54. The minimum Gasteiger partial charge on any atom is -0.384 e. The lowest BCUT2D eigenvalue weighted by atomic mass is 10.1. The Bertz CT molecular complexity index is 590. The van der Waals surface area contributed by atoms with Gasteiger partial charge in [0.1, 0.15) is 5.82 Å². The highest BCUT2D eigenvalue weighted by Crippen LogP contribution is 2.21. The molecule has 118 valence electrons. The number of hydrogen-bond donors (Lipinski definition) is 1. The van der Waals surface area contributed by atoms with Crippen LogP contribution in [0.5, 0.6) is 0 Å². The summed E-state index contributed by atoms with van der Waals surface area (Å²) in [6.45, 7) is 2.48. The van der Waals surface area contributed by atoms with Gasteiger partial charge < -0.3 is 19.9 Å². The summed E-state index contributed by atoms with van der Waals surface area (Å²) in [5.41, 5.74) is 6.76. The SMILES string of the molecule is COCCc1noc(-c2ccc(N3CCC(N)CC3)nc2)n1. The number of rotatable bonds is 5. The van der Waals surface area contributed by atoms with E-state index in [0.29, 0.717) is 30.8 Å². The summed E-state index contributed by atoms with van der Waals surface area (Å²) in [7, 11) is 1.65. The fraction of sp³-hybridized carbons (Fsp3) is 0.533. The fourth-order valence-electron chi connectivity index (χ4n) is 2.49. The van der Waals surface area contributed by atoms with Crippen molar-refractivity contribution < 1.29 is 9.26 Å². The lowest BCUT2D eigenvalue weighted by molar-refractivity contribution is 0.199. The van der Waals surface area contributed by atoms with Gasteiger partial charge in [0.25, 0.3) is 5.89 Å². The van der Waals surface area contributed by atoms with E-state index in [0.717, 1.165) is 37.3 Å². The predicted molar refractivity (Wildman–Crippen MR) is 82.5 cm³/mol. The van der Waals surface area contributed by atoms with Gasteiger partial charge in [-0.2, -0.15) is 4.98 Å². The summed E-state index contributed by atoms with van der Waals surface area (Å²) < 4.78 is 10.3. The smallest absolute Gasteiger partial charge is 0.259 e. The Morgan fingerprint density at radius 3 is 2.86 bits per heavy atom. The van der Waals surface area contributed by atoms with E-state index < -0.39 is 0 Å². The first-order valence-corrected chi connectivity index (χ1v) is 7.55. The normalized spacial score (nSPS) is 16.2. The van der Waals surface area contributed by atoms with Crippen LogP contribution in [0.15, 0.2) is 22.9 Å². The minimum absolute atomic E-state index is 0.319. The summed E-state index contributed by atoms with van der Waals surface area (Å²) in [5.74, 6) is 2.10. The van der Waals surface area contributed by atoms with E-state index in [-0.39, 0.29) is 0 Å². The third-order valence-corrected chi connectivity index (χ3v) is 3.86. The quantitative estimate of drug-likeness (QED) is 0.888. The van der Waals surface area contributed by atoms with Crippen molar-refractivity contribution in [2.45, 2.75) is 25.3 Å². The summed E-state index contributed by atoms with van der Waals surface area (Å²) in [4.78, 5) is 11.1. The molecule has 3 rings (SSSR count). The third-order valence-electron chi connectivity index (χ3n) is 3.86. The van der Waals surface area contributed by atoms with E-state index in [4.69, 9.17) is 15.0 Å². The van der Waals surface area contributed by atoms with Crippen LogP contribution in [0.3, 0.4) is 0 Å². The Morgan fingerprint density at radius 2 is 2.18 bits per heavy atom. The standard InChI is InChI=1S/C15H21N5O2/c1-21-9-6-13-18-15(22-19-13)11-2-3-14(17-10-11)20-7-4-12(16)5-8-20/h2-3,10,12H,4-9,16H2,1H3. The number of anilines is 1. The monoisotopic (exact) mass is 303 g/mol. The van der Waals surface area contributed by atoms with Crippen LogP contribution in [-0.2, 0) is 11.2 Å². The maximum absolute atomic E-state index is 5.93. The summed E-state index contributed by atoms with van der Waals surface area (Å²) in [5, 5.41) is 3.93. The lowest BCUT2D eigenvalue weighted by Crippen LogP contribution is -2.40. The van der Waals surface area contributed by atoms with Crippen LogP contribution < -0.4 is 10.6 Å². The van der Waals surface area contributed by atoms with Crippen molar-refractivity contribution in [2.24, 2.45) is 5.73 Å². The Kier molecular flexibility index (Phi) is 4.65. The molecular weight excluding hydrogens is 282 g/mol. The number of methoxy groups -OCH3 is 1. The average Bonchev–Trinajstić information content (AvgIpc) is 3.03. The summed E-state index contributed by atoms with van der Waals surface area (Å²) in [6.07, 6.45) is 4.43. The van der Waals surface area contributed by atoms with E-state index in [1.807, 2.05) is 12.1 Å². The van der Waals surface area contributed by atoms with Gasteiger partial charge in [0.05, 0.1) is 12.2 Å². The minimum atomic E-state index is 0.319. The van der Waals surface area contributed by atoms with Crippen LogP contribution >= 0.6 is 0 Å². The molecule has 0 amide bonds. The molecule has 7 nitrogen and oxygen atoms in total. The van der Waals surface area contributed by atoms with Gasteiger partial charge in [-0.05, 0) is 25.0 Å². The maximum Gasteiger partial charge on any atom is 0.259 e. The third kappa shape index (κ3) is 3.42. The lowest BCUT2D eigenvalue weighted by Gasteiger charge is -2.31. The summed E-state index contributed by atoms with van der Waals surface area (Å²) >= 11 is 0. The van der Waals surface area contributed by atoms with E-state index in [1.165, 1.54) is 0 Å². The van der Waals surface area contributed by atoms with Gasteiger partial charge in [0.15, 0.2) is 5.82 Å². The Hall–Kier alpha value is -1.99. The molecule has 1 aliphatic heterocycles. The Morgan fingerprint density at radius 1 is 1.36 bits per heavy atom. The number of nitrogens with zero attached hydrogens (tertiary/aromatic N) is 4. The molecule has 0 unspecified atom stereocenters. The molecule has 2 aromatic rings. The number of hydrogen-bond acceptors (Lipinski definition) is 7. The van der Waals surface area contributed by atoms with Gasteiger partial charge in [0.2, 0.25) is 0 Å². The molecule has 1 saturated heterocycles. The molecule has 0 atom stereocenters. The van der Waals surface area contributed by atoms with Crippen LogP contribution in [-0.4, -0.2) is 48.0 Å². The molecular formula is C15H21N5O2. The Balaban J connectivity index is 1.67. The van der Waals surface area contributed by atoms with Crippen molar-refractivity contribution in [3.63, 3.8) is 0 Å². The second kappa shape index (κ2) is 6.85. The van der Waals surface area contributed by atoms with Crippen LogP contribution in [0.4, 0.5) is 5.82 Å². The molecule has 2 N–H and O–H groups in total. The molecule has 2 aromatic heterocycles. The summed E-state index contributed by atoms with van der Waals surface area (Å²) in [6, 6.07) is 4.27. The van der Waals surface area contributed by atoms with Crippen molar-refractivity contribution in [1.82, 2.24) is 15.1 Å². The van der Waals surface area contributed by atoms with Crippen LogP contribution in [0.2, 0.25) is 0 Å². The fourth-order valence-corrected chi connectivity index (χ4v) is 2.49. The van der Waals surface area contributed by atoms with Crippen molar-refractivity contribution in [1.29, 1.82) is 0 Å². The zero-order chi connectivity index (χ0) is 15.4. The molecule has 22 heavy (non-hydrogen) atoms. The van der Waals surface area contributed by atoms with Crippen LogP contribution in [0.1, 0.15) is 18.7 Å². The first-order valence-electron chi connectivity index (χ1n) is 7.55. The predicted octanol–water partition coefficient (Wildman–Crippen LogP) is 1.25. The molecule has 1 fully saturated rings. The number of aromatic nitrogens is 3. The molecule has 3 heterocycles. The molecule has 0 bridgehead atoms. The molecule has 7 heteroatoms. The first-order chi connectivity index (χ1) is 10.8. The number of pyridine rings is 1. The second-order valence-electron chi connectivity index (χ2n) is 5.49. The van der Waals surface area contributed by atoms with E-state index in [1.54, 1.807) is 13.3 Å². The van der Waals surface area contributed by atoms with E-state index in [9.17, 15) is 0 Å². The van der Waals surface area contributed by atoms with Gasteiger partial charge >= 0.3 is 0 Å². The number of nitrogens with two attached hydrogens (primary N) is 1. The Labute approximate surface area is 129 Å². The van der Waals surface area contributed by atoms with Crippen LogP contribution in [0, 0.1) is 0 Å². The largest absolute Gasteiger partial charge is 0.384 e. The average molecular weight is 303 g/mol. The van der Waals surface area contributed by atoms with Gasteiger partial charge in [-0.15, -0.1) is 0 Å². The zero-order valence-corrected chi connectivity index (χ0v) is 12.7. The molecule has 0 aliphatic carbocycles. The molecule has 0 aromatic carbocycles. The van der Waals surface area contributed by atoms with Crippen molar-refractivity contribution in [2.75, 3.05) is 31.7 Å². The van der Waals surface area contributed by atoms with Gasteiger partial charge in [-0.3, -0.25) is 0 Å². The molecule has 0 spiro atoms. The second-order valence-corrected chi connectivity index (χ2v) is 5.49. The highest BCUT2D eigenvalue weighted by atomic mass is 16.5. The van der Waals surface area contributed by atoms with Gasteiger partial charge in [-0.1, -0.05) is 5.16 Å². The number of ether oxygens (including phenoxy) is 1. The van der Waals surface area contributed by atoms with E-state index in [2.05, 4.69) is 20.0 Å². The molecule has 1 aliphatic rings. The molecule has 0 radical (unpaired) electrons. The van der Waals surface area contributed by atoms with Gasteiger partial charge in [-0.25, -0.2) is 4.98 Å². The topological polar surface area (TPSA) is 90.3 Å². The first kappa shape index (κ1) is 14.9. The van der Waals surface area contributed by atoms with Gasteiger partial charge in [0, 0.05) is 38.9 Å². The zero-order valence-electron chi connectivity index (χ0n) is 12.7. The van der Waals surface area contributed by atoms with Crippen molar-refractivity contribution >= 4 is 5.82 Å². The molecule has 0 saturated carbocycles. The van der Waals surface area contributed by atoms with Crippen LogP contribution in [0.25, 0.3) is 11.5 Å². The number of piperidine rings is 1. The van der Waals surface area contributed by atoms with E-state index >= 15 is 0 Å². The van der Waals surface area contributed by atoms with Crippen molar-refractivity contribution in [3.05, 3.63) is 24.2 Å².